The highest BCUT2D eigenvalue weighted by molar-refractivity contribution is 7.89. The number of aryl methyl sites for hydroxylation is 1. The van der Waals surface area contributed by atoms with Crippen molar-refractivity contribution in [2.45, 2.75) is 18.0 Å². The Morgan fingerprint density at radius 2 is 1.75 bits per heavy atom. The lowest BCUT2D eigenvalue weighted by Gasteiger charge is -2.18. The number of para-hydroxylation sites is 1. The van der Waals surface area contributed by atoms with Gasteiger partial charge in [0, 0.05) is 13.1 Å². The Morgan fingerprint density at radius 1 is 1.12 bits per heavy atom. The van der Waals surface area contributed by atoms with Crippen molar-refractivity contribution < 1.29 is 30.8 Å². The van der Waals surface area contributed by atoms with Crippen molar-refractivity contribution in [3.8, 4) is 5.69 Å². The molecular weight excluding hydrogens is 452 g/mol. The molecule has 1 heterocycles. The summed E-state index contributed by atoms with van der Waals surface area (Å²) in [6.07, 6.45) is -4.65. The Balaban J connectivity index is 1.84. The number of carbonyl (C=O) groups excluding carboxylic acids is 1. The van der Waals surface area contributed by atoms with E-state index in [1.807, 2.05) is 0 Å². The van der Waals surface area contributed by atoms with Gasteiger partial charge >= 0.3 is 6.18 Å². The number of hydrogen-bond acceptors (Lipinski definition) is 4. The number of halogens is 4. The lowest BCUT2D eigenvalue weighted by atomic mass is 10.1. The van der Waals surface area contributed by atoms with Gasteiger partial charge in [-0.2, -0.15) is 22.6 Å². The Labute approximate surface area is 181 Å². The molecule has 0 bridgehead atoms. The van der Waals surface area contributed by atoms with Gasteiger partial charge in [0.05, 0.1) is 28.4 Å². The molecule has 3 rings (SSSR count). The van der Waals surface area contributed by atoms with E-state index in [9.17, 15) is 30.8 Å². The van der Waals surface area contributed by atoms with E-state index in [4.69, 9.17) is 0 Å². The number of aromatic nitrogens is 2. The number of carbonyl (C=O) groups is 1. The maximum atomic E-state index is 13.4. The maximum absolute atomic E-state index is 13.4. The third-order valence-electron chi connectivity index (χ3n) is 4.42. The quantitative estimate of drug-likeness (QED) is 0.558. The summed E-state index contributed by atoms with van der Waals surface area (Å²) in [4.78, 5) is 12.3. The molecule has 0 unspecified atom stereocenters. The number of nitrogens with zero attached hydrogens (tertiary/aromatic N) is 3. The highest BCUT2D eigenvalue weighted by Gasteiger charge is 2.34. The summed E-state index contributed by atoms with van der Waals surface area (Å²) in [6.45, 7) is 0.901. The molecule has 1 amide bonds. The number of hydrogen-bond donors (Lipinski definition) is 1. The van der Waals surface area contributed by atoms with Crippen LogP contribution in [0.25, 0.3) is 5.69 Å². The van der Waals surface area contributed by atoms with E-state index >= 15 is 0 Å². The van der Waals surface area contributed by atoms with Crippen LogP contribution in [0.15, 0.2) is 59.5 Å². The Morgan fingerprint density at radius 3 is 2.38 bits per heavy atom. The fourth-order valence-corrected chi connectivity index (χ4v) is 4.05. The van der Waals surface area contributed by atoms with Gasteiger partial charge in [0.15, 0.2) is 0 Å². The van der Waals surface area contributed by atoms with Crippen LogP contribution < -0.4 is 5.32 Å². The van der Waals surface area contributed by atoms with Gasteiger partial charge < -0.3 is 5.32 Å². The second-order valence-electron chi connectivity index (χ2n) is 6.86. The molecule has 7 nitrogen and oxygen atoms in total. The summed E-state index contributed by atoms with van der Waals surface area (Å²) in [6, 6.07) is 10.2. The number of alkyl halides is 3. The molecule has 0 aliphatic rings. The average Bonchev–Trinajstić information content (AvgIpc) is 3.07. The van der Waals surface area contributed by atoms with Gasteiger partial charge in [-0.25, -0.2) is 17.5 Å². The minimum Gasteiger partial charge on any atom is -0.309 e. The number of rotatable bonds is 6. The molecule has 0 atom stereocenters. The van der Waals surface area contributed by atoms with Crippen molar-refractivity contribution in [2.75, 3.05) is 18.9 Å². The van der Waals surface area contributed by atoms with Crippen LogP contribution in [0.2, 0.25) is 0 Å². The van der Waals surface area contributed by atoms with E-state index in [0.717, 1.165) is 46.4 Å². The monoisotopic (exact) mass is 470 g/mol. The van der Waals surface area contributed by atoms with Crippen LogP contribution in [-0.4, -0.2) is 42.0 Å². The molecule has 0 fully saturated rings. The van der Waals surface area contributed by atoms with E-state index in [2.05, 4.69) is 10.4 Å². The predicted molar refractivity (Wildman–Crippen MR) is 108 cm³/mol. The van der Waals surface area contributed by atoms with Crippen molar-refractivity contribution in [2.24, 2.45) is 0 Å². The third-order valence-corrected chi connectivity index (χ3v) is 6.24. The van der Waals surface area contributed by atoms with Gasteiger partial charge in [-0.1, -0.05) is 12.1 Å². The highest BCUT2D eigenvalue weighted by Crippen LogP contribution is 2.34. The molecule has 0 aliphatic heterocycles. The molecule has 32 heavy (non-hydrogen) atoms. The van der Waals surface area contributed by atoms with Crippen LogP contribution in [0, 0.1) is 12.7 Å². The molecule has 0 radical (unpaired) electrons. The Bertz CT molecular complexity index is 1240. The van der Waals surface area contributed by atoms with Gasteiger partial charge in [0.1, 0.15) is 11.6 Å². The van der Waals surface area contributed by atoms with Crippen molar-refractivity contribution in [3.05, 3.63) is 71.7 Å². The smallest absolute Gasteiger partial charge is 0.309 e. The first kappa shape index (κ1) is 23.4. The molecule has 0 spiro atoms. The number of sulfonamides is 1. The van der Waals surface area contributed by atoms with Crippen molar-refractivity contribution in [3.63, 3.8) is 0 Å². The van der Waals surface area contributed by atoms with E-state index in [-0.39, 0.29) is 16.4 Å². The van der Waals surface area contributed by atoms with Gasteiger partial charge in [0.2, 0.25) is 15.9 Å². The summed E-state index contributed by atoms with van der Waals surface area (Å²) >= 11 is 0. The summed E-state index contributed by atoms with van der Waals surface area (Å²) in [5.41, 5.74) is -0.908. The summed E-state index contributed by atoms with van der Waals surface area (Å²) in [5.74, 6) is -1.48. The highest BCUT2D eigenvalue weighted by atomic mass is 32.2. The molecule has 1 N–H and O–H groups in total. The van der Waals surface area contributed by atoms with E-state index in [0.29, 0.717) is 5.69 Å². The fraction of sp³-hybridized carbons (Fsp3) is 0.200. The van der Waals surface area contributed by atoms with Gasteiger partial charge in [-0.05, 0) is 43.3 Å². The molecule has 0 saturated carbocycles. The predicted octanol–water partition coefficient (Wildman–Crippen LogP) is 3.60. The average molecular weight is 470 g/mol. The lowest BCUT2D eigenvalue weighted by molar-refractivity contribution is -0.137. The van der Waals surface area contributed by atoms with Crippen molar-refractivity contribution in [1.29, 1.82) is 0 Å². The molecule has 0 aliphatic carbocycles. The zero-order valence-corrected chi connectivity index (χ0v) is 17.7. The second kappa shape index (κ2) is 8.71. The minimum absolute atomic E-state index is 0.0585. The number of amides is 1. The summed E-state index contributed by atoms with van der Waals surface area (Å²) < 4.78 is 80.1. The van der Waals surface area contributed by atoms with E-state index in [1.54, 1.807) is 0 Å². The number of nitrogens with one attached hydrogen (secondary N) is 1. The van der Waals surface area contributed by atoms with Crippen LogP contribution >= 0.6 is 0 Å². The van der Waals surface area contributed by atoms with Crippen molar-refractivity contribution in [1.82, 2.24) is 14.1 Å². The molecule has 12 heteroatoms. The van der Waals surface area contributed by atoms with Crippen LogP contribution in [0.1, 0.15) is 11.3 Å². The lowest BCUT2D eigenvalue weighted by Crippen LogP contribution is -2.35. The normalized spacial score (nSPS) is 12.2. The van der Waals surface area contributed by atoms with Crippen LogP contribution in [0.4, 0.5) is 23.4 Å². The molecule has 2 aromatic carbocycles. The molecule has 170 valence electrons. The van der Waals surface area contributed by atoms with Gasteiger partial charge in [-0.15, -0.1) is 0 Å². The van der Waals surface area contributed by atoms with Crippen LogP contribution in [-0.2, 0) is 21.0 Å². The molecule has 3 aromatic rings. The summed E-state index contributed by atoms with van der Waals surface area (Å²) in [5, 5.41) is 6.43. The number of benzene rings is 2. The SMILES string of the molecule is Cc1cc(NC(=O)CN(C)S(=O)(=O)c2ccc(F)cc2)n(-c2ccccc2C(F)(F)F)n1. The first-order valence-electron chi connectivity index (χ1n) is 9.14. The zero-order valence-electron chi connectivity index (χ0n) is 16.9. The van der Waals surface area contributed by atoms with Crippen molar-refractivity contribution >= 4 is 21.7 Å². The first-order valence-corrected chi connectivity index (χ1v) is 10.6. The molecule has 1 aromatic heterocycles. The Kier molecular flexibility index (Phi) is 6.37. The minimum atomic E-state index is -4.65. The third kappa shape index (κ3) is 4.97. The maximum Gasteiger partial charge on any atom is 0.418 e. The number of likely N-dealkylation sites (N-methyl/N-ethyl adjacent to an activating group) is 1. The van der Waals surface area contributed by atoms with Crippen LogP contribution in [0.3, 0.4) is 0 Å². The van der Waals surface area contributed by atoms with Gasteiger partial charge in [-0.3, -0.25) is 4.79 Å². The molecular formula is C20H18F4N4O3S. The van der Waals surface area contributed by atoms with Gasteiger partial charge in [0.25, 0.3) is 0 Å². The standard InChI is InChI=1S/C20H18F4N4O3S/c1-13-11-18(28(26-13)17-6-4-3-5-16(17)20(22,23)24)25-19(29)12-27(2)32(30,31)15-9-7-14(21)8-10-15/h3-11H,12H2,1-2H3,(H,25,29). The molecule has 0 saturated heterocycles. The van der Waals surface area contributed by atoms with E-state index < -0.39 is 40.0 Å². The second-order valence-corrected chi connectivity index (χ2v) is 8.91. The van der Waals surface area contributed by atoms with Crippen LogP contribution in [0.5, 0.6) is 0 Å². The first-order chi connectivity index (χ1) is 14.9. The number of anilines is 1. The van der Waals surface area contributed by atoms with E-state index in [1.165, 1.54) is 31.2 Å². The summed E-state index contributed by atoms with van der Waals surface area (Å²) in [7, 11) is -2.94. The topological polar surface area (TPSA) is 84.3 Å². The zero-order chi connectivity index (χ0) is 23.7. The Hall–Kier alpha value is -3.25. The fourth-order valence-electron chi connectivity index (χ4n) is 2.93. The largest absolute Gasteiger partial charge is 0.418 e.